The van der Waals surface area contributed by atoms with Crippen molar-refractivity contribution in [3.63, 3.8) is 0 Å². The molecule has 0 unspecified atom stereocenters. The zero-order chi connectivity index (χ0) is 17.6. The van der Waals surface area contributed by atoms with Crippen LogP contribution in [0, 0.1) is 0 Å². The summed E-state index contributed by atoms with van der Waals surface area (Å²) < 4.78 is 5.81. The van der Waals surface area contributed by atoms with Crippen LogP contribution >= 0.6 is 11.3 Å². The van der Waals surface area contributed by atoms with Gasteiger partial charge in [-0.05, 0) is 29.7 Å². The van der Waals surface area contributed by atoms with Crippen LogP contribution in [0.4, 0.5) is 5.00 Å². The van der Waals surface area contributed by atoms with E-state index in [1.165, 1.54) is 0 Å². The Morgan fingerprint density at radius 2 is 1.80 bits per heavy atom. The Hall–Kier alpha value is -2.46. The van der Waals surface area contributed by atoms with Crippen molar-refractivity contribution in [1.82, 2.24) is 0 Å². The summed E-state index contributed by atoms with van der Waals surface area (Å²) in [6, 6.07) is 17.9. The molecule has 4 heteroatoms. The van der Waals surface area contributed by atoms with Crippen molar-refractivity contribution in [3.8, 4) is 33.1 Å². The molecule has 0 saturated heterocycles. The number of ether oxygens (including phenoxy) is 1. The topological polar surface area (TPSA) is 41.5 Å². The van der Waals surface area contributed by atoms with E-state index in [-0.39, 0.29) is 0 Å². The van der Waals surface area contributed by atoms with Gasteiger partial charge in [-0.2, -0.15) is 0 Å². The first kappa shape index (κ1) is 17.4. The lowest BCUT2D eigenvalue weighted by Gasteiger charge is -2.09. The Balaban J connectivity index is 2.00. The molecule has 0 fully saturated rings. The predicted molar refractivity (Wildman–Crippen MR) is 107 cm³/mol. The van der Waals surface area contributed by atoms with Crippen molar-refractivity contribution in [3.05, 3.63) is 54.6 Å². The monoisotopic (exact) mass is 353 g/mol. The minimum absolute atomic E-state index is 0.311. The molecule has 0 radical (unpaired) electrons. The van der Waals surface area contributed by atoms with E-state index < -0.39 is 0 Å². The molecule has 25 heavy (non-hydrogen) atoms. The average molecular weight is 353 g/mol. The summed E-state index contributed by atoms with van der Waals surface area (Å²) in [6.45, 7) is 2.86. The average Bonchev–Trinajstić information content (AvgIpc) is 2.99. The number of aromatic hydroxyl groups is 1. The zero-order valence-corrected chi connectivity index (χ0v) is 15.4. The number of nitrogens with one attached hydrogen (secondary N) is 1. The van der Waals surface area contributed by atoms with Gasteiger partial charge in [0.1, 0.15) is 16.5 Å². The molecule has 0 aliphatic heterocycles. The van der Waals surface area contributed by atoms with E-state index in [0.29, 0.717) is 12.4 Å². The first-order valence-corrected chi connectivity index (χ1v) is 9.38. The van der Waals surface area contributed by atoms with Crippen LogP contribution in [0.5, 0.6) is 11.5 Å². The number of rotatable bonds is 7. The molecule has 2 N–H and O–H groups in total. The van der Waals surface area contributed by atoms with Gasteiger partial charge in [0.15, 0.2) is 0 Å². The summed E-state index contributed by atoms with van der Waals surface area (Å²) in [5.74, 6) is 1.14. The lowest BCUT2D eigenvalue weighted by Crippen LogP contribution is -1.96. The fraction of sp³-hybridized carbons (Fsp3) is 0.238. The summed E-state index contributed by atoms with van der Waals surface area (Å²) in [5.41, 5.74) is 2.80. The Kier molecular flexibility index (Phi) is 5.61. The highest BCUT2D eigenvalue weighted by Gasteiger charge is 2.20. The van der Waals surface area contributed by atoms with Crippen LogP contribution in [-0.4, -0.2) is 18.8 Å². The molecule has 3 aromatic rings. The van der Waals surface area contributed by atoms with E-state index in [1.54, 1.807) is 11.3 Å². The Morgan fingerprint density at radius 1 is 1.04 bits per heavy atom. The minimum atomic E-state index is 0.311. The molecule has 3 rings (SSSR count). The molecule has 130 valence electrons. The van der Waals surface area contributed by atoms with Crippen LogP contribution in [0.1, 0.15) is 19.8 Å². The van der Waals surface area contributed by atoms with Crippen molar-refractivity contribution >= 4 is 16.3 Å². The zero-order valence-electron chi connectivity index (χ0n) is 14.6. The number of thiophene rings is 1. The van der Waals surface area contributed by atoms with Gasteiger partial charge in [0.05, 0.1) is 17.0 Å². The van der Waals surface area contributed by atoms with Crippen LogP contribution in [-0.2, 0) is 0 Å². The van der Waals surface area contributed by atoms with Crippen molar-refractivity contribution in [1.29, 1.82) is 0 Å². The molecular formula is C21H23NO2S. The van der Waals surface area contributed by atoms with Gasteiger partial charge in [0.25, 0.3) is 0 Å². The predicted octanol–water partition coefficient (Wildman–Crippen LogP) is 6.01. The van der Waals surface area contributed by atoms with Crippen molar-refractivity contribution in [2.45, 2.75) is 19.8 Å². The van der Waals surface area contributed by atoms with E-state index in [0.717, 1.165) is 45.2 Å². The number of benzene rings is 2. The third-order valence-electron chi connectivity index (χ3n) is 4.04. The second-order valence-corrected chi connectivity index (χ2v) is 6.85. The standard InChI is InChI=1S/C21H23NO2S/c1-3-4-13-24-17-12-8-11-16(14-17)18-19(23)20(25-21(18)22-2)15-9-6-5-7-10-15/h5-12,14,22-23H,3-4,13H2,1-2H3. The van der Waals surface area contributed by atoms with Crippen LogP contribution in [0.15, 0.2) is 54.6 Å². The molecule has 1 aromatic heterocycles. The molecule has 0 bridgehead atoms. The SMILES string of the molecule is CCCCOc1cccc(-c2c(NC)sc(-c3ccccc3)c2O)c1. The maximum Gasteiger partial charge on any atom is 0.144 e. The third-order valence-corrected chi connectivity index (χ3v) is 5.28. The maximum absolute atomic E-state index is 10.9. The second kappa shape index (κ2) is 8.08. The summed E-state index contributed by atoms with van der Waals surface area (Å²) >= 11 is 1.56. The molecule has 0 aliphatic rings. The first-order valence-electron chi connectivity index (χ1n) is 8.56. The van der Waals surface area contributed by atoms with Crippen LogP contribution in [0.2, 0.25) is 0 Å². The van der Waals surface area contributed by atoms with Crippen LogP contribution in [0.3, 0.4) is 0 Å². The van der Waals surface area contributed by atoms with Gasteiger partial charge < -0.3 is 15.2 Å². The van der Waals surface area contributed by atoms with Crippen molar-refractivity contribution in [2.24, 2.45) is 0 Å². The first-order chi connectivity index (χ1) is 12.2. The Bertz CT molecular complexity index is 827. The molecule has 2 aromatic carbocycles. The number of unbranched alkanes of at least 4 members (excludes halogenated alkanes) is 1. The summed E-state index contributed by atoms with van der Waals surface area (Å²) in [6.07, 6.45) is 2.14. The Labute approximate surface area is 152 Å². The van der Waals surface area contributed by atoms with Gasteiger partial charge in [-0.3, -0.25) is 0 Å². The maximum atomic E-state index is 10.9. The van der Waals surface area contributed by atoms with Crippen LogP contribution in [0.25, 0.3) is 21.6 Å². The van der Waals surface area contributed by atoms with Gasteiger partial charge in [-0.1, -0.05) is 55.8 Å². The molecule has 1 heterocycles. The number of anilines is 1. The van der Waals surface area contributed by atoms with Crippen LogP contribution < -0.4 is 10.1 Å². The second-order valence-electron chi connectivity index (χ2n) is 5.83. The fourth-order valence-corrected chi connectivity index (χ4v) is 3.80. The molecule has 0 atom stereocenters. The van der Waals surface area contributed by atoms with Gasteiger partial charge in [0.2, 0.25) is 0 Å². The van der Waals surface area contributed by atoms with E-state index in [2.05, 4.69) is 12.2 Å². The van der Waals surface area contributed by atoms with Crippen molar-refractivity contribution in [2.75, 3.05) is 19.0 Å². The highest BCUT2D eigenvalue weighted by atomic mass is 32.1. The van der Waals surface area contributed by atoms with E-state index in [1.807, 2.05) is 61.6 Å². The smallest absolute Gasteiger partial charge is 0.144 e. The molecule has 0 spiro atoms. The largest absolute Gasteiger partial charge is 0.506 e. The van der Waals surface area contributed by atoms with E-state index >= 15 is 0 Å². The number of hydrogen-bond acceptors (Lipinski definition) is 4. The normalized spacial score (nSPS) is 10.6. The fourth-order valence-electron chi connectivity index (χ4n) is 2.73. The molecule has 0 saturated carbocycles. The summed E-state index contributed by atoms with van der Waals surface area (Å²) in [5, 5.41) is 15.0. The molecule has 3 nitrogen and oxygen atoms in total. The third kappa shape index (κ3) is 3.80. The van der Waals surface area contributed by atoms with E-state index in [4.69, 9.17) is 4.74 Å². The Morgan fingerprint density at radius 3 is 2.52 bits per heavy atom. The summed E-state index contributed by atoms with van der Waals surface area (Å²) in [7, 11) is 1.88. The lowest BCUT2D eigenvalue weighted by molar-refractivity contribution is 0.309. The lowest BCUT2D eigenvalue weighted by atomic mass is 10.0. The highest BCUT2D eigenvalue weighted by molar-refractivity contribution is 7.20. The minimum Gasteiger partial charge on any atom is -0.506 e. The van der Waals surface area contributed by atoms with Gasteiger partial charge in [0, 0.05) is 7.05 Å². The molecular weight excluding hydrogens is 330 g/mol. The van der Waals surface area contributed by atoms with Gasteiger partial charge in [-0.25, -0.2) is 0 Å². The summed E-state index contributed by atoms with van der Waals surface area (Å²) in [4.78, 5) is 0.872. The molecule has 0 aliphatic carbocycles. The number of hydrogen-bond donors (Lipinski definition) is 2. The van der Waals surface area contributed by atoms with Gasteiger partial charge >= 0.3 is 0 Å². The van der Waals surface area contributed by atoms with Gasteiger partial charge in [-0.15, -0.1) is 11.3 Å². The highest BCUT2D eigenvalue weighted by Crippen LogP contribution is 2.50. The van der Waals surface area contributed by atoms with Crippen molar-refractivity contribution < 1.29 is 9.84 Å². The van der Waals surface area contributed by atoms with E-state index in [9.17, 15) is 5.11 Å². The quantitative estimate of drug-likeness (QED) is 0.511. The molecule has 0 amide bonds.